The maximum absolute atomic E-state index is 10.8. The van der Waals surface area contributed by atoms with Crippen LogP contribution in [0.25, 0.3) is 0 Å². The summed E-state index contributed by atoms with van der Waals surface area (Å²) >= 11 is 3.13. The minimum Gasteiger partial charge on any atom is -0.481 e. The zero-order valence-corrected chi connectivity index (χ0v) is 8.37. The number of carbonyl (C=O) groups is 2. The second-order valence-electron chi connectivity index (χ2n) is 2.84. The van der Waals surface area contributed by atoms with E-state index in [4.69, 9.17) is 9.84 Å². The quantitative estimate of drug-likeness (QED) is 0.603. The molecule has 0 aliphatic carbocycles. The van der Waals surface area contributed by atoms with Crippen molar-refractivity contribution in [3.63, 3.8) is 0 Å². The molecule has 1 saturated heterocycles. The molecule has 0 radical (unpaired) electrons. The van der Waals surface area contributed by atoms with Crippen LogP contribution in [-0.2, 0) is 14.3 Å². The Morgan fingerprint density at radius 3 is 2.85 bits per heavy atom. The van der Waals surface area contributed by atoms with Crippen LogP contribution < -0.4 is 0 Å². The molecule has 1 aliphatic rings. The van der Waals surface area contributed by atoms with Gasteiger partial charge in [0.1, 0.15) is 5.60 Å². The van der Waals surface area contributed by atoms with Crippen LogP contribution in [0.15, 0.2) is 0 Å². The third-order valence-corrected chi connectivity index (χ3v) is 2.82. The third-order valence-electron chi connectivity index (χ3n) is 1.79. The summed E-state index contributed by atoms with van der Waals surface area (Å²) in [6, 6.07) is 0. The number of carboxylic acids is 1. The van der Waals surface area contributed by atoms with E-state index in [-0.39, 0.29) is 13.0 Å². The highest BCUT2D eigenvalue weighted by molar-refractivity contribution is 9.09. The molecular formula is C7H9BrO5. The molecule has 1 N–H and O–H groups in total. The van der Waals surface area contributed by atoms with Crippen molar-refractivity contribution < 1.29 is 24.2 Å². The summed E-state index contributed by atoms with van der Waals surface area (Å²) in [6.45, 7) is 0.206. The Hall–Kier alpha value is -0.780. The average Bonchev–Trinajstić information content (AvgIpc) is 2.03. The van der Waals surface area contributed by atoms with Gasteiger partial charge in [0.05, 0.1) is 13.0 Å². The minimum atomic E-state index is -0.992. The fraction of sp³-hybridized carbons (Fsp3) is 0.714. The van der Waals surface area contributed by atoms with Crippen molar-refractivity contribution in [1.29, 1.82) is 0 Å². The SMILES string of the molecule is O=C(O)C[C@@]1(CBr)CCOC(=O)O1. The minimum absolute atomic E-state index is 0.201. The Labute approximate surface area is 83.1 Å². The number of aliphatic carboxylic acids is 1. The van der Waals surface area contributed by atoms with Crippen LogP contribution in [0.2, 0.25) is 0 Å². The Morgan fingerprint density at radius 2 is 2.38 bits per heavy atom. The molecule has 0 bridgehead atoms. The van der Waals surface area contributed by atoms with E-state index in [9.17, 15) is 9.59 Å². The van der Waals surface area contributed by atoms with E-state index in [2.05, 4.69) is 20.7 Å². The number of ether oxygens (including phenoxy) is 2. The number of carbonyl (C=O) groups excluding carboxylic acids is 1. The lowest BCUT2D eigenvalue weighted by Gasteiger charge is -2.33. The smallest absolute Gasteiger partial charge is 0.481 e. The lowest BCUT2D eigenvalue weighted by molar-refractivity contribution is -0.145. The maximum atomic E-state index is 10.8. The van der Waals surface area contributed by atoms with Crippen molar-refractivity contribution in [2.45, 2.75) is 18.4 Å². The summed E-state index contributed by atoms with van der Waals surface area (Å²) in [5.41, 5.74) is -0.943. The fourth-order valence-electron chi connectivity index (χ4n) is 1.12. The molecule has 0 spiro atoms. The Kier molecular flexibility index (Phi) is 3.13. The molecule has 0 aromatic rings. The highest BCUT2D eigenvalue weighted by Gasteiger charge is 2.39. The Morgan fingerprint density at radius 1 is 1.69 bits per heavy atom. The van der Waals surface area contributed by atoms with Crippen LogP contribution in [0.4, 0.5) is 4.79 Å². The van der Waals surface area contributed by atoms with Gasteiger partial charge in [0.15, 0.2) is 0 Å². The van der Waals surface area contributed by atoms with Crippen molar-refractivity contribution in [3.8, 4) is 0 Å². The van der Waals surface area contributed by atoms with Crippen LogP contribution in [0.3, 0.4) is 0 Å². The number of halogens is 1. The van der Waals surface area contributed by atoms with E-state index in [0.29, 0.717) is 11.8 Å². The predicted octanol–water partition coefficient (Wildman–Crippen LogP) is 1.15. The second-order valence-corrected chi connectivity index (χ2v) is 3.40. The van der Waals surface area contributed by atoms with Gasteiger partial charge in [0, 0.05) is 11.8 Å². The molecule has 1 heterocycles. The van der Waals surface area contributed by atoms with Gasteiger partial charge in [-0.3, -0.25) is 4.79 Å². The van der Waals surface area contributed by atoms with Gasteiger partial charge in [0.25, 0.3) is 0 Å². The maximum Gasteiger partial charge on any atom is 0.508 e. The van der Waals surface area contributed by atoms with Crippen LogP contribution in [-0.4, -0.2) is 34.8 Å². The van der Waals surface area contributed by atoms with Crippen LogP contribution in [0.1, 0.15) is 12.8 Å². The molecule has 0 unspecified atom stereocenters. The lowest BCUT2D eigenvalue weighted by atomic mass is 9.98. The molecule has 5 nitrogen and oxygen atoms in total. The third kappa shape index (κ3) is 2.58. The zero-order valence-electron chi connectivity index (χ0n) is 6.79. The van der Waals surface area contributed by atoms with E-state index >= 15 is 0 Å². The van der Waals surface area contributed by atoms with Gasteiger partial charge >= 0.3 is 12.1 Å². The average molecular weight is 253 g/mol. The molecule has 1 atom stereocenters. The second kappa shape index (κ2) is 3.95. The van der Waals surface area contributed by atoms with Gasteiger partial charge < -0.3 is 14.6 Å². The molecule has 74 valence electrons. The molecular weight excluding hydrogens is 244 g/mol. The fourth-order valence-corrected chi connectivity index (χ4v) is 1.71. The van der Waals surface area contributed by atoms with Crippen LogP contribution in [0.5, 0.6) is 0 Å². The molecule has 1 rings (SSSR count). The first-order chi connectivity index (χ1) is 6.08. The van der Waals surface area contributed by atoms with Crippen LogP contribution >= 0.6 is 15.9 Å². The first-order valence-electron chi connectivity index (χ1n) is 3.71. The lowest BCUT2D eigenvalue weighted by Crippen LogP contribution is -2.44. The molecule has 1 aliphatic heterocycles. The largest absolute Gasteiger partial charge is 0.508 e. The van der Waals surface area contributed by atoms with Gasteiger partial charge in [-0.15, -0.1) is 0 Å². The van der Waals surface area contributed by atoms with Crippen molar-refractivity contribution >= 4 is 28.1 Å². The number of rotatable bonds is 3. The van der Waals surface area contributed by atoms with Crippen molar-refractivity contribution in [2.75, 3.05) is 11.9 Å². The first-order valence-corrected chi connectivity index (χ1v) is 4.84. The summed E-state index contributed by atoms with van der Waals surface area (Å²) in [6.07, 6.45) is -0.601. The van der Waals surface area contributed by atoms with E-state index in [1.54, 1.807) is 0 Å². The van der Waals surface area contributed by atoms with Crippen molar-refractivity contribution in [1.82, 2.24) is 0 Å². The van der Waals surface area contributed by atoms with Gasteiger partial charge in [-0.1, -0.05) is 15.9 Å². The van der Waals surface area contributed by atoms with Crippen LogP contribution in [0, 0.1) is 0 Å². The highest BCUT2D eigenvalue weighted by Crippen LogP contribution is 2.27. The van der Waals surface area contributed by atoms with Crippen molar-refractivity contribution in [2.24, 2.45) is 0 Å². The molecule has 1 fully saturated rings. The van der Waals surface area contributed by atoms with Crippen molar-refractivity contribution in [3.05, 3.63) is 0 Å². The summed E-state index contributed by atoms with van der Waals surface area (Å²) in [5, 5.41) is 8.90. The molecule has 0 aromatic carbocycles. The summed E-state index contributed by atoms with van der Waals surface area (Å²) in [5.74, 6) is -0.992. The Balaban J connectivity index is 2.67. The predicted molar refractivity (Wildman–Crippen MR) is 45.8 cm³/mol. The topological polar surface area (TPSA) is 72.8 Å². The van der Waals surface area contributed by atoms with Gasteiger partial charge in [-0.25, -0.2) is 4.79 Å². The molecule has 0 saturated carbocycles. The summed E-state index contributed by atoms with van der Waals surface area (Å²) in [7, 11) is 0. The monoisotopic (exact) mass is 252 g/mol. The van der Waals surface area contributed by atoms with E-state index in [1.165, 1.54) is 0 Å². The normalized spacial score (nSPS) is 27.6. The van der Waals surface area contributed by atoms with E-state index in [0.717, 1.165) is 0 Å². The summed E-state index contributed by atoms with van der Waals surface area (Å²) in [4.78, 5) is 21.2. The standard InChI is InChI=1S/C7H9BrO5/c8-4-7(3-5(9)10)1-2-12-6(11)13-7/h1-4H2,(H,9,10)/t7-/m1/s1. The number of carboxylic acid groups (broad SMARTS) is 1. The van der Waals surface area contributed by atoms with Gasteiger partial charge in [-0.05, 0) is 0 Å². The number of cyclic esters (lactones) is 2. The molecule has 13 heavy (non-hydrogen) atoms. The first kappa shape index (κ1) is 10.3. The number of hydrogen-bond acceptors (Lipinski definition) is 4. The van der Waals surface area contributed by atoms with Gasteiger partial charge in [-0.2, -0.15) is 0 Å². The Bertz CT molecular complexity index is 225. The van der Waals surface area contributed by atoms with E-state index in [1.807, 2.05) is 0 Å². The number of hydrogen-bond donors (Lipinski definition) is 1. The van der Waals surface area contributed by atoms with Gasteiger partial charge in [0.2, 0.25) is 0 Å². The molecule has 0 amide bonds. The highest BCUT2D eigenvalue weighted by atomic mass is 79.9. The molecule has 0 aromatic heterocycles. The summed E-state index contributed by atoms with van der Waals surface area (Å²) < 4.78 is 9.39. The van der Waals surface area contributed by atoms with E-state index < -0.39 is 17.7 Å². The molecule has 6 heteroatoms. The zero-order chi connectivity index (χ0) is 9.90. The number of alkyl halides is 1.